The summed E-state index contributed by atoms with van der Waals surface area (Å²) >= 11 is 0. The highest BCUT2D eigenvalue weighted by Crippen LogP contribution is 2.23. The Balaban J connectivity index is 1.94. The van der Waals surface area contributed by atoms with Crippen LogP contribution in [0.5, 0.6) is 0 Å². The maximum Gasteiger partial charge on any atom is 0.238 e. The highest BCUT2D eigenvalue weighted by molar-refractivity contribution is 7.89. The average Bonchev–Trinajstić information content (AvgIpc) is 2.89. The lowest BCUT2D eigenvalue weighted by Crippen LogP contribution is -2.13. The molecule has 0 amide bonds. The maximum absolute atomic E-state index is 14.3. The number of benzene rings is 2. The Hall–Kier alpha value is -2.84. The third-order valence-corrected chi connectivity index (χ3v) is 5.48. The van der Waals surface area contributed by atoms with E-state index >= 15 is 0 Å². The van der Waals surface area contributed by atoms with Gasteiger partial charge < -0.3 is 4.57 Å². The second-order valence-electron chi connectivity index (χ2n) is 6.54. The molecule has 3 aromatic rings. The van der Waals surface area contributed by atoms with Crippen molar-refractivity contribution in [1.82, 2.24) is 4.57 Å². The zero-order chi connectivity index (χ0) is 20.6. The van der Waals surface area contributed by atoms with Crippen molar-refractivity contribution in [2.45, 2.75) is 18.2 Å². The van der Waals surface area contributed by atoms with E-state index < -0.39 is 21.7 Å². The average molecular weight is 404 g/mol. The number of sulfonamides is 1. The zero-order valence-corrected chi connectivity index (χ0v) is 16.1. The molecular formula is C20H18F2N2O3S. The summed E-state index contributed by atoms with van der Waals surface area (Å²) in [6.07, 6.45) is 0.158. The van der Waals surface area contributed by atoms with E-state index in [9.17, 15) is 22.0 Å². The summed E-state index contributed by atoms with van der Waals surface area (Å²) in [7, 11) is -2.30. The van der Waals surface area contributed by atoms with Crippen LogP contribution in [0.4, 0.5) is 8.78 Å². The Morgan fingerprint density at radius 3 is 2.29 bits per heavy atom. The van der Waals surface area contributed by atoms with Gasteiger partial charge >= 0.3 is 0 Å². The molecule has 1 heterocycles. The molecule has 0 unspecified atom stereocenters. The van der Waals surface area contributed by atoms with Crippen LogP contribution in [0.1, 0.15) is 32.9 Å². The minimum absolute atomic E-state index is 0.158. The zero-order valence-electron chi connectivity index (χ0n) is 15.2. The molecule has 0 aliphatic rings. The Kier molecular flexibility index (Phi) is 5.18. The van der Waals surface area contributed by atoms with Gasteiger partial charge in [0.2, 0.25) is 15.8 Å². The molecule has 0 aliphatic carbocycles. The van der Waals surface area contributed by atoms with Crippen molar-refractivity contribution < 1.29 is 22.0 Å². The van der Waals surface area contributed by atoms with Crippen LogP contribution in [0.3, 0.4) is 0 Å². The number of halogens is 2. The van der Waals surface area contributed by atoms with E-state index in [1.54, 1.807) is 24.6 Å². The highest BCUT2D eigenvalue weighted by atomic mass is 32.2. The lowest BCUT2D eigenvalue weighted by atomic mass is 10.1. The topological polar surface area (TPSA) is 82.2 Å². The fraction of sp³-hybridized carbons (Fsp3) is 0.150. The van der Waals surface area contributed by atoms with Crippen molar-refractivity contribution >= 4 is 15.8 Å². The van der Waals surface area contributed by atoms with Gasteiger partial charge in [-0.2, -0.15) is 0 Å². The molecule has 5 nitrogen and oxygen atoms in total. The first-order valence-electron chi connectivity index (χ1n) is 8.34. The number of primary sulfonamides is 1. The quantitative estimate of drug-likeness (QED) is 0.664. The number of aryl methyl sites for hydroxylation is 1. The first kappa shape index (κ1) is 19.9. The predicted octanol–water partition coefficient (Wildman–Crippen LogP) is 3.08. The number of nitrogens with two attached hydrogens (primary N) is 1. The molecule has 0 aliphatic heterocycles. The van der Waals surface area contributed by atoms with Crippen molar-refractivity contribution in [3.8, 4) is 0 Å². The number of hydrogen-bond acceptors (Lipinski definition) is 3. The summed E-state index contributed by atoms with van der Waals surface area (Å²) in [4.78, 5) is 12.5. The van der Waals surface area contributed by atoms with E-state index in [1.165, 1.54) is 36.4 Å². The largest absolute Gasteiger partial charge is 0.344 e. The molecule has 3 rings (SSSR count). The minimum Gasteiger partial charge on any atom is -0.344 e. The molecule has 2 aromatic carbocycles. The second kappa shape index (κ2) is 7.29. The first-order chi connectivity index (χ1) is 13.1. The standard InChI is InChI=1S/C20H18F2N2O3S/c1-12-9-16(10-14-5-8-17(11-18(14)22)28(23,26)27)24(2)19(12)20(25)13-3-6-15(21)7-4-13/h3-9,11H,10H2,1-2H3,(H2,23,26,27). The van der Waals surface area contributed by atoms with Crippen LogP contribution < -0.4 is 5.14 Å². The Labute approximate surface area is 161 Å². The lowest BCUT2D eigenvalue weighted by Gasteiger charge is -2.09. The van der Waals surface area contributed by atoms with Gasteiger partial charge in [0.1, 0.15) is 11.6 Å². The van der Waals surface area contributed by atoms with Crippen LogP contribution in [-0.4, -0.2) is 18.8 Å². The van der Waals surface area contributed by atoms with Crippen LogP contribution in [0, 0.1) is 18.6 Å². The number of hydrogen-bond donors (Lipinski definition) is 1. The fourth-order valence-corrected chi connectivity index (χ4v) is 3.63. The second-order valence-corrected chi connectivity index (χ2v) is 8.10. The molecule has 8 heteroatoms. The molecule has 0 saturated carbocycles. The molecule has 0 fully saturated rings. The SMILES string of the molecule is Cc1cc(Cc2ccc(S(N)(=O)=O)cc2F)n(C)c1C(=O)c1ccc(F)cc1. The summed E-state index contributed by atoms with van der Waals surface area (Å²) in [6, 6.07) is 10.5. The third-order valence-electron chi connectivity index (χ3n) is 4.57. The predicted molar refractivity (Wildman–Crippen MR) is 101 cm³/mol. The van der Waals surface area contributed by atoms with Gasteiger partial charge in [0.15, 0.2) is 0 Å². The molecule has 28 heavy (non-hydrogen) atoms. The summed E-state index contributed by atoms with van der Waals surface area (Å²) < 4.78 is 51.8. The number of carbonyl (C=O) groups excluding carboxylic acids is 1. The normalized spacial score (nSPS) is 11.6. The maximum atomic E-state index is 14.3. The van der Waals surface area contributed by atoms with Gasteiger partial charge in [-0.1, -0.05) is 6.07 Å². The molecule has 0 spiro atoms. The van der Waals surface area contributed by atoms with Gasteiger partial charge in [0, 0.05) is 24.7 Å². The molecule has 1 aromatic heterocycles. The molecule has 2 N–H and O–H groups in total. The van der Waals surface area contributed by atoms with E-state index in [0.29, 0.717) is 22.5 Å². The van der Waals surface area contributed by atoms with Crippen molar-refractivity contribution in [3.63, 3.8) is 0 Å². The molecule has 0 bridgehead atoms. The molecular weight excluding hydrogens is 386 g/mol. The number of rotatable bonds is 5. The molecule has 146 valence electrons. The van der Waals surface area contributed by atoms with Crippen molar-refractivity contribution in [2.75, 3.05) is 0 Å². The summed E-state index contributed by atoms with van der Waals surface area (Å²) in [5, 5.41) is 5.01. The molecule has 0 atom stereocenters. The van der Waals surface area contributed by atoms with Gasteiger partial charge in [0.25, 0.3) is 0 Å². The van der Waals surface area contributed by atoms with Gasteiger partial charge in [-0.15, -0.1) is 0 Å². The van der Waals surface area contributed by atoms with Crippen molar-refractivity contribution in [3.05, 3.63) is 88.2 Å². The third kappa shape index (κ3) is 3.88. The Morgan fingerprint density at radius 1 is 1.07 bits per heavy atom. The lowest BCUT2D eigenvalue weighted by molar-refractivity contribution is 0.103. The van der Waals surface area contributed by atoms with E-state index in [2.05, 4.69) is 0 Å². The summed E-state index contributed by atoms with van der Waals surface area (Å²) in [5.41, 5.74) is 2.41. The molecule has 0 saturated heterocycles. The van der Waals surface area contributed by atoms with Gasteiger partial charge in [0.05, 0.1) is 10.6 Å². The van der Waals surface area contributed by atoms with E-state index in [0.717, 1.165) is 6.07 Å². The van der Waals surface area contributed by atoms with E-state index in [-0.39, 0.29) is 22.7 Å². The number of nitrogens with zero attached hydrogens (tertiary/aromatic N) is 1. The first-order valence-corrected chi connectivity index (χ1v) is 9.89. The van der Waals surface area contributed by atoms with Gasteiger partial charge in [-0.05, 0) is 60.5 Å². The van der Waals surface area contributed by atoms with Gasteiger partial charge in [-0.25, -0.2) is 22.3 Å². The van der Waals surface area contributed by atoms with Crippen LogP contribution in [0.15, 0.2) is 53.4 Å². The minimum atomic E-state index is -3.99. The Bertz CT molecular complexity index is 1170. The summed E-state index contributed by atoms with van der Waals surface area (Å²) in [6.45, 7) is 1.76. The molecule has 0 radical (unpaired) electrons. The number of aromatic nitrogens is 1. The fourth-order valence-electron chi connectivity index (χ4n) is 3.11. The monoisotopic (exact) mass is 404 g/mol. The van der Waals surface area contributed by atoms with Crippen LogP contribution in [0.25, 0.3) is 0 Å². The highest BCUT2D eigenvalue weighted by Gasteiger charge is 2.20. The van der Waals surface area contributed by atoms with Crippen molar-refractivity contribution in [1.29, 1.82) is 0 Å². The number of carbonyl (C=O) groups is 1. The van der Waals surface area contributed by atoms with E-state index in [4.69, 9.17) is 5.14 Å². The Morgan fingerprint density at radius 2 is 1.71 bits per heavy atom. The van der Waals surface area contributed by atoms with Crippen LogP contribution >= 0.6 is 0 Å². The smallest absolute Gasteiger partial charge is 0.238 e. The van der Waals surface area contributed by atoms with Crippen LogP contribution in [-0.2, 0) is 23.5 Å². The number of ketones is 1. The van der Waals surface area contributed by atoms with E-state index in [1.807, 2.05) is 0 Å². The van der Waals surface area contributed by atoms with Crippen molar-refractivity contribution in [2.24, 2.45) is 12.2 Å². The van der Waals surface area contributed by atoms with Gasteiger partial charge in [-0.3, -0.25) is 4.79 Å². The van der Waals surface area contributed by atoms with Crippen LogP contribution in [0.2, 0.25) is 0 Å². The summed E-state index contributed by atoms with van der Waals surface area (Å²) in [5.74, 6) is -1.40.